The Morgan fingerprint density at radius 3 is 2.15 bits per heavy atom. The summed E-state index contributed by atoms with van der Waals surface area (Å²) in [6.07, 6.45) is 2.91. The normalized spacial score (nSPS) is 11.0. The summed E-state index contributed by atoms with van der Waals surface area (Å²) in [5.41, 5.74) is 2.52. The van der Waals surface area contributed by atoms with Crippen molar-refractivity contribution in [2.75, 3.05) is 0 Å². The molecule has 0 aliphatic carbocycles. The molecule has 1 heterocycles. The summed E-state index contributed by atoms with van der Waals surface area (Å²) in [5.74, 6) is 0.375. The molecule has 7 heteroatoms. The van der Waals surface area contributed by atoms with Crippen LogP contribution in [0.25, 0.3) is 0 Å². The van der Waals surface area contributed by atoms with E-state index in [4.69, 9.17) is 0 Å². The zero-order valence-electron chi connectivity index (χ0n) is 14.2. The molecule has 0 aliphatic heterocycles. The van der Waals surface area contributed by atoms with Crippen molar-refractivity contribution >= 4 is 28.3 Å². The minimum atomic E-state index is -0.232. The number of thioether (sulfide) groups is 1. The fraction of sp³-hybridized carbons (Fsp3) is 0.105. The lowest BCUT2D eigenvalue weighted by molar-refractivity contribution is 0.108. The predicted molar refractivity (Wildman–Crippen MR) is 100 cm³/mol. The van der Waals surface area contributed by atoms with Gasteiger partial charge < -0.3 is 5.11 Å². The van der Waals surface area contributed by atoms with E-state index in [1.807, 2.05) is 30.3 Å². The van der Waals surface area contributed by atoms with Crippen LogP contribution in [0.1, 0.15) is 21.7 Å². The monoisotopic (exact) mass is 364 g/mol. The summed E-state index contributed by atoms with van der Waals surface area (Å²) < 4.78 is 0. The van der Waals surface area contributed by atoms with Crippen molar-refractivity contribution in [2.24, 2.45) is 10.2 Å². The number of nitrogens with zero attached hydrogens (tertiary/aromatic N) is 4. The number of hydrogen-bond donors (Lipinski definition) is 1. The molecule has 1 N–H and O–H groups in total. The molecule has 1 aromatic heterocycles. The third-order valence-electron chi connectivity index (χ3n) is 3.53. The van der Waals surface area contributed by atoms with Crippen LogP contribution >= 0.6 is 11.8 Å². The molecule has 3 rings (SSSR count). The SMILES string of the molecule is Cc1cc(/N=N/c2cnc(C(=O)Sc3ccccc3)nc2)cc(C)c1O. The van der Waals surface area contributed by atoms with Crippen molar-refractivity contribution in [1.82, 2.24) is 9.97 Å². The fourth-order valence-corrected chi connectivity index (χ4v) is 2.93. The van der Waals surface area contributed by atoms with E-state index in [1.54, 1.807) is 26.0 Å². The minimum absolute atomic E-state index is 0.120. The minimum Gasteiger partial charge on any atom is -0.507 e. The first kappa shape index (κ1) is 17.8. The highest BCUT2D eigenvalue weighted by Gasteiger charge is 2.11. The largest absolute Gasteiger partial charge is 0.507 e. The molecule has 0 radical (unpaired) electrons. The number of aromatic nitrogens is 2. The molecule has 6 nitrogen and oxygen atoms in total. The Kier molecular flexibility index (Phi) is 5.38. The van der Waals surface area contributed by atoms with E-state index in [0.29, 0.717) is 11.4 Å². The molecule has 0 fully saturated rings. The van der Waals surface area contributed by atoms with E-state index in [1.165, 1.54) is 12.4 Å². The Balaban J connectivity index is 1.70. The predicted octanol–water partition coefficient (Wildman–Crippen LogP) is 5.15. The molecule has 0 bridgehead atoms. The van der Waals surface area contributed by atoms with Crippen molar-refractivity contribution < 1.29 is 9.90 Å². The lowest BCUT2D eigenvalue weighted by Crippen LogP contribution is -2.00. The Labute approximate surface area is 155 Å². The molecule has 0 amide bonds. The molecular formula is C19H16N4O2S. The number of aromatic hydroxyl groups is 1. The van der Waals surface area contributed by atoms with Crippen molar-refractivity contribution in [3.8, 4) is 5.75 Å². The first-order valence-electron chi connectivity index (χ1n) is 7.84. The van der Waals surface area contributed by atoms with Crippen molar-refractivity contribution in [3.05, 3.63) is 71.8 Å². The quantitative estimate of drug-likeness (QED) is 0.511. The van der Waals surface area contributed by atoms with Gasteiger partial charge in [0.2, 0.25) is 5.82 Å². The van der Waals surface area contributed by atoms with Gasteiger partial charge in [-0.05, 0) is 61.0 Å². The van der Waals surface area contributed by atoms with E-state index < -0.39 is 0 Å². The number of hydrogen-bond acceptors (Lipinski definition) is 7. The number of aryl methyl sites for hydroxylation is 2. The van der Waals surface area contributed by atoms with Crippen molar-refractivity contribution in [3.63, 3.8) is 0 Å². The summed E-state index contributed by atoms with van der Waals surface area (Å²) >= 11 is 1.08. The molecule has 0 spiro atoms. The Morgan fingerprint density at radius 2 is 1.54 bits per heavy atom. The van der Waals surface area contributed by atoms with Gasteiger partial charge in [-0.2, -0.15) is 5.11 Å². The number of carbonyl (C=O) groups is 1. The van der Waals surface area contributed by atoms with Gasteiger partial charge in [-0.25, -0.2) is 9.97 Å². The van der Waals surface area contributed by atoms with Gasteiger partial charge in [-0.15, -0.1) is 5.11 Å². The Hall–Kier alpha value is -3.06. The number of rotatable bonds is 4. The van der Waals surface area contributed by atoms with Crippen LogP contribution in [0.3, 0.4) is 0 Å². The zero-order chi connectivity index (χ0) is 18.5. The number of carbonyl (C=O) groups excluding carboxylic acids is 1. The number of phenols is 1. The first-order valence-corrected chi connectivity index (χ1v) is 8.66. The third-order valence-corrected chi connectivity index (χ3v) is 4.41. The highest BCUT2D eigenvalue weighted by Crippen LogP contribution is 2.28. The van der Waals surface area contributed by atoms with E-state index in [-0.39, 0.29) is 16.7 Å². The molecular weight excluding hydrogens is 348 g/mol. The third kappa shape index (κ3) is 4.31. The molecule has 2 aromatic carbocycles. The number of phenolic OH excluding ortho intramolecular Hbond substituents is 1. The van der Waals surface area contributed by atoms with Gasteiger partial charge in [0.1, 0.15) is 11.4 Å². The topological polar surface area (TPSA) is 87.8 Å². The fourth-order valence-electron chi connectivity index (χ4n) is 2.23. The van der Waals surface area contributed by atoms with Gasteiger partial charge in [-0.1, -0.05) is 18.2 Å². The van der Waals surface area contributed by atoms with Crippen LogP contribution in [0.4, 0.5) is 11.4 Å². The summed E-state index contributed by atoms with van der Waals surface area (Å²) in [7, 11) is 0. The molecule has 26 heavy (non-hydrogen) atoms. The van der Waals surface area contributed by atoms with Gasteiger partial charge in [0, 0.05) is 4.90 Å². The molecule has 3 aromatic rings. The summed E-state index contributed by atoms with van der Waals surface area (Å²) in [6, 6.07) is 12.8. The van der Waals surface area contributed by atoms with E-state index in [2.05, 4.69) is 20.2 Å². The van der Waals surface area contributed by atoms with Gasteiger partial charge in [-0.3, -0.25) is 4.79 Å². The van der Waals surface area contributed by atoms with Gasteiger partial charge in [0.25, 0.3) is 5.12 Å². The van der Waals surface area contributed by atoms with Crippen LogP contribution in [0.15, 0.2) is 70.0 Å². The number of benzene rings is 2. The molecule has 0 saturated heterocycles. The Bertz CT molecular complexity index is 934. The standard InChI is InChI=1S/C19H16N4O2S/c1-12-8-14(9-13(2)17(12)24)22-23-15-10-20-18(21-11-15)19(25)26-16-6-4-3-5-7-16/h3-11,24H,1-2H3/b23-22+. The lowest BCUT2D eigenvalue weighted by atomic mass is 10.1. The van der Waals surface area contributed by atoms with Gasteiger partial charge >= 0.3 is 0 Å². The van der Waals surface area contributed by atoms with E-state index >= 15 is 0 Å². The zero-order valence-corrected chi connectivity index (χ0v) is 15.1. The van der Waals surface area contributed by atoms with Crippen LogP contribution < -0.4 is 0 Å². The van der Waals surface area contributed by atoms with Crippen molar-refractivity contribution in [1.29, 1.82) is 0 Å². The first-order chi connectivity index (χ1) is 12.5. The van der Waals surface area contributed by atoms with Gasteiger partial charge in [0.05, 0.1) is 18.1 Å². The van der Waals surface area contributed by atoms with Crippen LogP contribution in [-0.2, 0) is 0 Å². The average molecular weight is 364 g/mol. The van der Waals surface area contributed by atoms with Gasteiger partial charge in [0.15, 0.2) is 0 Å². The summed E-state index contributed by atoms with van der Waals surface area (Å²) in [4.78, 5) is 21.1. The second-order valence-corrected chi connectivity index (χ2v) is 6.64. The maximum Gasteiger partial charge on any atom is 0.261 e. The summed E-state index contributed by atoms with van der Waals surface area (Å²) in [5, 5.41) is 17.7. The highest BCUT2D eigenvalue weighted by molar-refractivity contribution is 8.14. The van der Waals surface area contributed by atoms with E-state index in [9.17, 15) is 9.90 Å². The smallest absolute Gasteiger partial charge is 0.261 e. The molecule has 0 atom stereocenters. The molecule has 130 valence electrons. The number of azo groups is 1. The molecule has 0 unspecified atom stereocenters. The second kappa shape index (κ2) is 7.88. The van der Waals surface area contributed by atoms with Crippen LogP contribution in [0.5, 0.6) is 5.75 Å². The highest BCUT2D eigenvalue weighted by atomic mass is 32.2. The maximum atomic E-state index is 12.2. The van der Waals surface area contributed by atoms with Crippen LogP contribution in [-0.4, -0.2) is 20.2 Å². The average Bonchev–Trinajstić information content (AvgIpc) is 2.65. The van der Waals surface area contributed by atoms with Crippen LogP contribution in [0, 0.1) is 13.8 Å². The van der Waals surface area contributed by atoms with Crippen LogP contribution in [0.2, 0.25) is 0 Å². The molecule has 0 aliphatic rings. The maximum absolute atomic E-state index is 12.2. The second-order valence-electron chi connectivity index (χ2n) is 5.60. The lowest BCUT2D eigenvalue weighted by Gasteiger charge is -2.03. The van der Waals surface area contributed by atoms with E-state index in [0.717, 1.165) is 27.8 Å². The molecule has 0 saturated carbocycles. The van der Waals surface area contributed by atoms with Crippen molar-refractivity contribution in [2.45, 2.75) is 18.7 Å². The Morgan fingerprint density at radius 1 is 0.962 bits per heavy atom. The summed E-state index contributed by atoms with van der Waals surface area (Å²) in [6.45, 7) is 3.60.